The first-order chi connectivity index (χ1) is 10.5. The fraction of sp³-hybridized carbons (Fsp3) is 0. The molecule has 0 atom stereocenters. The molecule has 0 aliphatic heterocycles. The molecule has 2 aromatic rings. The summed E-state index contributed by atoms with van der Waals surface area (Å²) in [6.07, 6.45) is 1.32. The molecular formula is C13H7FN6O2. The smallest absolute Gasteiger partial charge is 0.356 e. The average molecular weight is 298 g/mol. The number of nitriles is 2. The molecule has 0 spiro atoms. The van der Waals surface area contributed by atoms with E-state index in [1.807, 2.05) is 0 Å². The van der Waals surface area contributed by atoms with Gasteiger partial charge >= 0.3 is 5.97 Å². The largest absolute Gasteiger partial charge is 0.476 e. The van der Waals surface area contributed by atoms with Crippen LogP contribution < -0.4 is 5.43 Å². The van der Waals surface area contributed by atoms with Gasteiger partial charge in [0.25, 0.3) is 0 Å². The molecule has 2 rings (SSSR count). The van der Waals surface area contributed by atoms with Gasteiger partial charge in [-0.05, 0) is 18.2 Å². The summed E-state index contributed by atoms with van der Waals surface area (Å²) in [6, 6.07) is 8.21. The summed E-state index contributed by atoms with van der Waals surface area (Å²) in [7, 11) is 0. The summed E-state index contributed by atoms with van der Waals surface area (Å²) in [5.41, 5.74) is 2.02. The van der Waals surface area contributed by atoms with Crippen LogP contribution in [0.1, 0.15) is 10.5 Å². The van der Waals surface area contributed by atoms with Gasteiger partial charge in [0.1, 0.15) is 17.8 Å². The molecule has 22 heavy (non-hydrogen) atoms. The number of hydrogen-bond donors (Lipinski definition) is 2. The third-order valence-electron chi connectivity index (χ3n) is 2.51. The minimum absolute atomic E-state index is 0.0443. The Morgan fingerprint density at radius 2 is 2.09 bits per heavy atom. The highest BCUT2D eigenvalue weighted by Gasteiger charge is 2.11. The van der Waals surface area contributed by atoms with Gasteiger partial charge in [-0.15, -0.1) is 0 Å². The maximum Gasteiger partial charge on any atom is 0.356 e. The van der Waals surface area contributed by atoms with Gasteiger partial charge in [0.15, 0.2) is 11.5 Å². The van der Waals surface area contributed by atoms with E-state index in [1.54, 1.807) is 12.1 Å². The van der Waals surface area contributed by atoms with Crippen molar-refractivity contribution in [2.24, 2.45) is 5.10 Å². The maximum absolute atomic E-state index is 14.0. The molecule has 8 nitrogen and oxygen atoms in total. The first-order valence-corrected chi connectivity index (χ1v) is 5.78. The van der Waals surface area contributed by atoms with Gasteiger partial charge in [-0.3, -0.25) is 5.43 Å². The Morgan fingerprint density at radius 1 is 1.36 bits per heavy atom. The number of rotatable bonds is 4. The lowest BCUT2D eigenvalue weighted by Gasteiger charge is -2.05. The highest BCUT2D eigenvalue weighted by molar-refractivity contribution is 6.10. The number of aromatic nitrogens is 2. The molecular weight excluding hydrogens is 291 g/mol. The van der Waals surface area contributed by atoms with Crippen molar-refractivity contribution < 1.29 is 14.3 Å². The quantitative estimate of drug-likeness (QED) is 0.650. The number of aromatic carboxylic acids is 1. The monoisotopic (exact) mass is 298 g/mol. The van der Waals surface area contributed by atoms with E-state index in [1.165, 1.54) is 24.4 Å². The van der Waals surface area contributed by atoms with E-state index in [-0.39, 0.29) is 17.1 Å². The Kier molecular flexibility index (Phi) is 4.11. The van der Waals surface area contributed by atoms with Crippen molar-refractivity contribution in [2.45, 2.75) is 0 Å². The Labute approximate surface area is 123 Å². The zero-order chi connectivity index (χ0) is 16.1. The van der Waals surface area contributed by atoms with Gasteiger partial charge in [-0.2, -0.15) is 20.7 Å². The fourth-order valence-electron chi connectivity index (χ4n) is 1.53. The van der Waals surface area contributed by atoms with E-state index in [2.05, 4.69) is 15.6 Å². The molecule has 9 heteroatoms. The van der Waals surface area contributed by atoms with Crippen molar-refractivity contribution in [3.8, 4) is 17.8 Å². The SMILES string of the molecule is N#CC(C#N)=NNc1ccc(-n2ccc(C(=O)O)n2)c(F)c1. The van der Waals surface area contributed by atoms with Crippen LogP contribution in [0.25, 0.3) is 5.69 Å². The van der Waals surface area contributed by atoms with Crippen molar-refractivity contribution in [3.63, 3.8) is 0 Å². The predicted octanol–water partition coefficient (Wildman–Crippen LogP) is 1.52. The molecule has 0 unspecified atom stereocenters. The van der Waals surface area contributed by atoms with Gasteiger partial charge in [0.05, 0.1) is 5.69 Å². The molecule has 1 aromatic carbocycles. The van der Waals surface area contributed by atoms with Crippen LogP contribution in [-0.2, 0) is 0 Å². The van der Waals surface area contributed by atoms with Crippen molar-refractivity contribution in [3.05, 3.63) is 42.0 Å². The molecule has 1 aromatic heterocycles. The van der Waals surface area contributed by atoms with Crippen LogP contribution in [0.4, 0.5) is 10.1 Å². The van der Waals surface area contributed by atoms with E-state index in [0.29, 0.717) is 0 Å². The van der Waals surface area contributed by atoms with Crippen molar-refractivity contribution in [1.82, 2.24) is 9.78 Å². The lowest BCUT2D eigenvalue weighted by molar-refractivity contribution is 0.0690. The second-order valence-corrected chi connectivity index (χ2v) is 3.91. The summed E-state index contributed by atoms with van der Waals surface area (Å²) in [4.78, 5) is 10.7. The number of carbonyl (C=O) groups is 1. The van der Waals surface area contributed by atoms with E-state index in [9.17, 15) is 9.18 Å². The molecule has 0 bridgehead atoms. The summed E-state index contributed by atoms with van der Waals surface area (Å²) in [5, 5.41) is 33.0. The molecule has 0 fully saturated rings. The first kappa shape index (κ1) is 14.7. The second-order valence-electron chi connectivity index (χ2n) is 3.91. The number of anilines is 1. The molecule has 0 saturated carbocycles. The lowest BCUT2D eigenvalue weighted by Crippen LogP contribution is -2.03. The second kappa shape index (κ2) is 6.15. The lowest BCUT2D eigenvalue weighted by atomic mass is 10.2. The van der Waals surface area contributed by atoms with Crippen LogP contribution in [-0.4, -0.2) is 26.6 Å². The maximum atomic E-state index is 14.0. The van der Waals surface area contributed by atoms with Crippen molar-refractivity contribution >= 4 is 17.4 Å². The van der Waals surface area contributed by atoms with Crippen LogP contribution in [0.5, 0.6) is 0 Å². The van der Waals surface area contributed by atoms with E-state index in [4.69, 9.17) is 15.6 Å². The Morgan fingerprint density at radius 3 is 2.64 bits per heavy atom. The molecule has 0 saturated heterocycles. The van der Waals surface area contributed by atoms with Crippen LogP contribution in [0.15, 0.2) is 35.6 Å². The molecule has 108 valence electrons. The highest BCUT2D eigenvalue weighted by Crippen LogP contribution is 2.18. The molecule has 0 aliphatic carbocycles. The summed E-state index contributed by atoms with van der Waals surface area (Å²) in [5.74, 6) is -1.90. The Hall–Kier alpha value is -3.72. The average Bonchev–Trinajstić information content (AvgIpc) is 2.98. The van der Waals surface area contributed by atoms with Gasteiger partial charge in [0, 0.05) is 12.3 Å². The third kappa shape index (κ3) is 3.05. The van der Waals surface area contributed by atoms with E-state index in [0.717, 1.165) is 10.7 Å². The predicted molar refractivity (Wildman–Crippen MR) is 72.8 cm³/mol. The van der Waals surface area contributed by atoms with Crippen LogP contribution in [0.3, 0.4) is 0 Å². The minimum atomic E-state index is -1.22. The van der Waals surface area contributed by atoms with E-state index < -0.39 is 17.5 Å². The number of carboxylic acids is 1. The summed E-state index contributed by atoms with van der Waals surface area (Å²) in [6.45, 7) is 0. The van der Waals surface area contributed by atoms with Crippen LogP contribution >= 0.6 is 0 Å². The molecule has 0 aliphatic rings. The van der Waals surface area contributed by atoms with Gasteiger partial charge in [-0.1, -0.05) is 0 Å². The number of carboxylic acid groups (broad SMARTS) is 1. The van der Waals surface area contributed by atoms with Gasteiger partial charge < -0.3 is 5.11 Å². The molecule has 0 radical (unpaired) electrons. The number of nitrogens with one attached hydrogen (secondary N) is 1. The fourth-order valence-corrected chi connectivity index (χ4v) is 1.53. The standard InChI is InChI=1S/C13H7FN6O2/c14-10-5-8(17-18-9(6-15)7-16)1-2-12(10)20-4-3-11(19-20)13(21)22/h1-5,17H,(H,21,22). The molecule has 2 N–H and O–H groups in total. The zero-order valence-corrected chi connectivity index (χ0v) is 10.9. The summed E-state index contributed by atoms with van der Waals surface area (Å²) < 4.78 is 15.1. The number of hydrazone groups is 1. The van der Waals surface area contributed by atoms with Crippen molar-refractivity contribution in [1.29, 1.82) is 10.5 Å². The third-order valence-corrected chi connectivity index (χ3v) is 2.51. The number of halogens is 1. The van der Waals surface area contributed by atoms with E-state index >= 15 is 0 Å². The number of hydrogen-bond acceptors (Lipinski definition) is 6. The highest BCUT2D eigenvalue weighted by atomic mass is 19.1. The zero-order valence-electron chi connectivity index (χ0n) is 10.9. The van der Waals surface area contributed by atoms with Crippen LogP contribution in [0, 0.1) is 28.5 Å². The van der Waals surface area contributed by atoms with Crippen LogP contribution in [0.2, 0.25) is 0 Å². The number of nitrogens with zero attached hydrogens (tertiary/aromatic N) is 5. The summed E-state index contributed by atoms with van der Waals surface area (Å²) >= 11 is 0. The van der Waals surface area contributed by atoms with Gasteiger partial charge in [0.2, 0.25) is 5.71 Å². The Bertz CT molecular complexity index is 827. The normalized spacial score (nSPS) is 9.41. The number of benzene rings is 1. The minimum Gasteiger partial charge on any atom is -0.476 e. The molecule has 0 amide bonds. The topological polar surface area (TPSA) is 127 Å². The van der Waals surface area contributed by atoms with Gasteiger partial charge in [-0.25, -0.2) is 13.9 Å². The first-order valence-electron chi connectivity index (χ1n) is 5.78. The Balaban J connectivity index is 2.27. The van der Waals surface area contributed by atoms with Crippen molar-refractivity contribution in [2.75, 3.05) is 5.43 Å². The molecule has 1 heterocycles.